The first kappa shape index (κ1) is 25.5. The summed E-state index contributed by atoms with van der Waals surface area (Å²) in [6.07, 6.45) is 4.56. The molecular formula is C25H36N4O3S. The van der Waals surface area contributed by atoms with E-state index in [0.717, 1.165) is 32.5 Å². The second-order valence-electron chi connectivity index (χ2n) is 8.67. The van der Waals surface area contributed by atoms with Crippen molar-refractivity contribution in [2.45, 2.75) is 37.9 Å². The number of likely N-dealkylation sites (tertiary alicyclic amines) is 1. The molecule has 1 heterocycles. The number of carboxylic acid groups (broad SMARTS) is 1. The second-order valence-corrected chi connectivity index (χ2v) is 9.65. The fourth-order valence-electron chi connectivity index (χ4n) is 4.65. The predicted octanol–water partition coefficient (Wildman–Crippen LogP) is 2.39. The van der Waals surface area contributed by atoms with Gasteiger partial charge in [0.2, 0.25) is 5.91 Å². The van der Waals surface area contributed by atoms with Crippen LogP contribution in [0, 0.1) is 0 Å². The number of rotatable bonds is 13. The Morgan fingerprint density at radius 2 is 2.06 bits per heavy atom. The molecule has 1 aliphatic rings. The van der Waals surface area contributed by atoms with Crippen LogP contribution in [0.2, 0.25) is 0 Å². The number of carbonyl (C=O) groups excluding carboxylic acids is 1. The van der Waals surface area contributed by atoms with Crippen molar-refractivity contribution in [1.82, 2.24) is 15.1 Å². The minimum absolute atomic E-state index is 0.166. The molecule has 0 radical (unpaired) electrons. The zero-order valence-electron chi connectivity index (χ0n) is 19.4. The van der Waals surface area contributed by atoms with Crippen molar-refractivity contribution in [3.8, 4) is 0 Å². The number of nitrogens with one attached hydrogen (secondary N) is 1. The average molecular weight is 473 g/mol. The van der Waals surface area contributed by atoms with Crippen molar-refractivity contribution in [3.05, 3.63) is 48.0 Å². The highest BCUT2D eigenvalue weighted by Crippen LogP contribution is 2.22. The number of hydrogen-bond donors (Lipinski definition) is 3. The van der Waals surface area contributed by atoms with Crippen molar-refractivity contribution in [2.75, 3.05) is 44.7 Å². The molecular weight excluding hydrogens is 436 g/mol. The summed E-state index contributed by atoms with van der Waals surface area (Å²) in [5.41, 5.74) is 6.98. The highest BCUT2D eigenvalue weighted by molar-refractivity contribution is 7.98. The third-order valence-electron chi connectivity index (χ3n) is 6.27. The Labute approximate surface area is 200 Å². The Bertz CT molecular complexity index is 920. The molecule has 4 N–H and O–H groups in total. The van der Waals surface area contributed by atoms with Crippen molar-refractivity contribution in [1.29, 1.82) is 0 Å². The Balaban J connectivity index is 1.76. The summed E-state index contributed by atoms with van der Waals surface area (Å²) in [6.45, 7) is 4.06. The molecule has 8 heteroatoms. The smallest absolute Gasteiger partial charge is 0.326 e. The summed E-state index contributed by atoms with van der Waals surface area (Å²) in [5, 5.41) is 14.6. The van der Waals surface area contributed by atoms with Gasteiger partial charge in [-0.1, -0.05) is 42.5 Å². The van der Waals surface area contributed by atoms with Crippen LogP contribution < -0.4 is 11.1 Å². The first-order chi connectivity index (χ1) is 16.0. The van der Waals surface area contributed by atoms with E-state index in [1.165, 1.54) is 16.3 Å². The highest BCUT2D eigenvalue weighted by atomic mass is 32.2. The van der Waals surface area contributed by atoms with Gasteiger partial charge < -0.3 is 16.2 Å². The standard InChI is InChI=1S/C25H36N4O3S/c1-33-15-11-23(25(31)32)27-24(30)18-28(17-21-9-5-13-29(21)14-12-26)16-20-8-4-7-19-6-2-3-10-22(19)20/h2-4,6-8,10,21,23H,5,9,11-18,26H2,1H3,(H,27,30)(H,31,32)/t21-,23?/m0/s1. The van der Waals surface area contributed by atoms with Gasteiger partial charge in [0, 0.05) is 32.2 Å². The number of amides is 1. The van der Waals surface area contributed by atoms with Gasteiger partial charge in [-0.3, -0.25) is 14.6 Å². The minimum atomic E-state index is -0.983. The van der Waals surface area contributed by atoms with Crippen molar-refractivity contribution in [3.63, 3.8) is 0 Å². The van der Waals surface area contributed by atoms with Crippen LogP contribution in [-0.4, -0.2) is 83.6 Å². The number of hydrogen-bond acceptors (Lipinski definition) is 6. The van der Waals surface area contributed by atoms with E-state index in [9.17, 15) is 14.7 Å². The third-order valence-corrected chi connectivity index (χ3v) is 6.91. The number of nitrogens with zero attached hydrogens (tertiary/aromatic N) is 2. The molecule has 1 unspecified atom stereocenters. The quantitative estimate of drug-likeness (QED) is 0.412. The van der Waals surface area contributed by atoms with E-state index in [4.69, 9.17) is 5.73 Å². The van der Waals surface area contributed by atoms with Gasteiger partial charge in [0.1, 0.15) is 6.04 Å². The summed E-state index contributed by atoms with van der Waals surface area (Å²) in [6, 6.07) is 14.0. The topological polar surface area (TPSA) is 98.9 Å². The molecule has 0 aliphatic carbocycles. The van der Waals surface area contributed by atoms with Gasteiger partial charge in [-0.25, -0.2) is 4.79 Å². The van der Waals surface area contributed by atoms with Crippen LogP contribution in [0.1, 0.15) is 24.8 Å². The van der Waals surface area contributed by atoms with Gasteiger partial charge in [0.05, 0.1) is 6.54 Å². The molecule has 2 aromatic rings. The van der Waals surface area contributed by atoms with E-state index in [1.54, 1.807) is 11.8 Å². The molecule has 1 fully saturated rings. The molecule has 0 spiro atoms. The van der Waals surface area contributed by atoms with Gasteiger partial charge >= 0.3 is 5.97 Å². The first-order valence-electron chi connectivity index (χ1n) is 11.7. The summed E-state index contributed by atoms with van der Waals surface area (Å²) in [7, 11) is 0. The van der Waals surface area contributed by atoms with E-state index < -0.39 is 12.0 Å². The lowest BCUT2D eigenvalue weighted by Crippen LogP contribution is -2.48. The number of aliphatic carboxylic acids is 1. The zero-order chi connectivity index (χ0) is 23.6. The molecule has 7 nitrogen and oxygen atoms in total. The average Bonchev–Trinajstić information content (AvgIpc) is 3.23. The van der Waals surface area contributed by atoms with E-state index >= 15 is 0 Å². The number of carboxylic acids is 1. The first-order valence-corrected chi connectivity index (χ1v) is 13.1. The largest absolute Gasteiger partial charge is 0.480 e. The number of benzene rings is 2. The SMILES string of the molecule is CSCCC(NC(=O)CN(Cc1cccc2ccccc12)C[C@@H]1CCCN1CCN)C(=O)O. The van der Waals surface area contributed by atoms with Crippen LogP contribution in [0.25, 0.3) is 10.8 Å². The number of thioether (sulfide) groups is 1. The maximum absolute atomic E-state index is 12.9. The van der Waals surface area contributed by atoms with E-state index in [0.29, 0.717) is 31.3 Å². The fourth-order valence-corrected chi connectivity index (χ4v) is 5.12. The van der Waals surface area contributed by atoms with Crippen LogP contribution >= 0.6 is 11.8 Å². The Morgan fingerprint density at radius 3 is 2.82 bits per heavy atom. The predicted molar refractivity (Wildman–Crippen MR) is 135 cm³/mol. The molecule has 2 atom stereocenters. The highest BCUT2D eigenvalue weighted by Gasteiger charge is 2.28. The molecule has 1 aliphatic heterocycles. The van der Waals surface area contributed by atoms with Crippen molar-refractivity contribution in [2.24, 2.45) is 5.73 Å². The summed E-state index contributed by atoms with van der Waals surface area (Å²) in [4.78, 5) is 29.1. The van der Waals surface area contributed by atoms with Gasteiger partial charge in [0.15, 0.2) is 0 Å². The molecule has 1 amide bonds. The summed E-state index contributed by atoms with van der Waals surface area (Å²) < 4.78 is 0. The van der Waals surface area contributed by atoms with Crippen LogP contribution in [-0.2, 0) is 16.1 Å². The van der Waals surface area contributed by atoms with E-state index in [1.807, 2.05) is 18.4 Å². The van der Waals surface area contributed by atoms with Crippen LogP contribution in [0.5, 0.6) is 0 Å². The van der Waals surface area contributed by atoms with Gasteiger partial charge in [-0.2, -0.15) is 11.8 Å². The molecule has 0 bridgehead atoms. The Morgan fingerprint density at radius 1 is 1.27 bits per heavy atom. The third kappa shape index (κ3) is 7.43. The van der Waals surface area contributed by atoms with Crippen LogP contribution in [0.4, 0.5) is 0 Å². The van der Waals surface area contributed by atoms with Crippen molar-refractivity contribution >= 4 is 34.4 Å². The number of carbonyl (C=O) groups is 2. The van der Waals surface area contributed by atoms with E-state index in [-0.39, 0.29) is 12.5 Å². The van der Waals surface area contributed by atoms with Gasteiger partial charge in [-0.05, 0) is 54.2 Å². The number of fused-ring (bicyclic) bond motifs is 1. The molecule has 3 rings (SSSR count). The van der Waals surface area contributed by atoms with Crippen LogP contribution in [0.3, 0.4) is 0 Å². The van der Waals surface area contributed by atoms with E-state index in [2.05, 4.69) is 45.4 Å². The minimum Gasteiger partial charge on any atom is -0.480 e. The maximum Gasteiger partial charge on any atom is 0.326 e. The lowest BCUT2D eigenvalue weighted by molar-refractivity contribution is -0.142. The fraction of sp³-hybridized carbons (Fsp3) is 0.520. The summed E-state index contributed by atoms with van der Waals surface area (Å²) in [5.74, 6) is -0.539. The van der Waals surface area contributed by atoms with Crippen molar-refractivity contribution < 1.29 is 14.7 Å². The maximum atomic E-state index is 12.9. The molecule has 0 aromatic heterocycles. The van der Waals surface area contributed by atoms with Gasteiger partial charge in [0.25, 0.3) is 0 Å². The second kappa shape index (κ2) is 12.9. The zero-order valence-corrected chi connectivity index (χ0v) is 20.2. The molecule has 0 saturated carbocycles. The van der Waals surface area contributed by atoms with Crippen LogP contribution in [0.15, 0.2) is 42.5 Å². The molecule has 33 heavy (non-hydrogen) atoms. The lowest BCUT2D eigenvalue weighted by Gasteiger charge is -2.31. The Kier molecular flexibility index (Phi) is 9.99. The molecule has 180 valence electrons. The lowest BCUT2D eigenvalue weighted by atomic mass is 10.0. The monoisotopic (exact) mass is 472 g/mol. The summed E-state index contributed by atoms with van der Waals surface area (Å²) >= 11 is 1.58. The molecule has 1 saturated heterocycles. The Hall–Kier alpha value is -2.13. The van der Waals surface area contributed by atoms with Gasteiger partial charge in [-0.15, -0.1) is 0 Å². The number of nitrogens with two attached hydrogens (primary N) is 1. The normalized spacial score (nSPS) is 17.5. The molecule has 2 aromatic carbocycles.